The van der Waals surface area contributed by atoms with Crippen molar-refractivity contribution in [1.29, 1.82) is 0 Å². The zero-order chi connectivity index (χ0) is 19.8. The third kappa shape index (κ3) is 3.06. The van der Waals surface area contributed by atoms with E-state index < -0.39 is 0 Å². The molecule has 2 atom stereocenters. The number of aromatic amines is 1. The Morgan fingerprint density at radius 3 is 2.64 bits per heavy atom. The number of esters is 1. The lowest BCUT2D eigenvalue weighted by atomic mass is 9.85. The molecule has 28 heavy (non-hydrogen) atoms. The standard InChI is InChI=1S/C23H26N2O3/c1-13(2)17-11-14(27-3)9-10-16(17)21-22-18(12-20(25-21)23(26)28-4)15-7-5-6-8-19(15)24-22/h5-11,13,20-21,24-25H,12H2,1-4H3. The first-order chi connectivity index (χ1) is 13.5. The molecular formula is C23H26N2O3. The molecule has 2 unspecified atom stereocenters. The third-order valence-electron chi connectivity index (χ3n) is 5.62. The van der Waals surface area contributed by atoms with Gasteiger partial charge in [0.05, 0.1) is 20.3 Å². The first-order valence-corrected chi connectivity index (χ1v) is 9.64. The Bertz CT molecular complexity index is 1020. The Morgan fingerprint density at radius 2 is 1.93 bits per heavy atom. The van der Waals surface area contributed by atoms with Crippen LogP contribution in [0.25, 0.3) is 10.9 Å². The van der Waals surface area contributed by atoms with E-state index in [0.29, 0.717) is 12.3 Å². The van der Waals surface area contributed by atoms with E-state index in [2.05, 4.69) is 48.4 Å². The molecular weight excluding hydrogens is 352 g/mol. The lowest BCUT2D eigenvalue weighted by molar-refractivity contribution is -0.143. The number of hydrogen-bond donors (Lipinski definition) is 2. The second-order valence-electron chi connectivity index (χ2n) is 7.59. The third-order valence-corrected chi connectivity index (χ3v) is 5.62. The summed E-state index contributed by atoms with van der Waals surface area (Å²) in [7, 11) is 3.12. The monoisotopic (exact) mass is 378 g/mol. The van der Waals surface area contributed by atoms with Gasteiger partial charge in [0.1, 0.15) is 11.8 Å². The Hall–Kier alpha value is -2.79. The first kappa shape index (κ1) is 18.6. The molecule has 0 spiro atoms. The minimum absolute atomic E-state index is 0.122. The molecule has 0 saturated heterocycles. The molecule has 0 aliphatic carbocycles. The minimum Gasteiger partial charge on any atom is -0.497 e. The number of para-hydroxylation sites is 1. The van der Waals surface area contributed by atoms with E-state index in [9.17, 15) is 4.79 Å². The van der Waals surface area contributed by atoms with Crippen molar-refractivity contribution in [3.63, 3.8) is 0 Å². The first-order valence-electron chi connectivity index (χ1n) is 9.64. The molecule has 0 saturated carbocycles. The van der Waals surface area contributed by atoms with Crippen LogP contribution in [0.2, 0.25) is 0 Å². The van der Waals surface area contributed by atoms with Crippen molar-refractivity contribution in [2.24, 2.45) is 0 Å². The molecule has 1 aliphatic rings. The Balaban J connectivity index is 1.90. The highest BCUT2D eigenvalue weighted by Crippen LogP contribution is 2.38. The van der Waals surface area contributed by atoms with Crippen molar-refractivity contribution in [2.45, 2.75) is 38.3 Å². The highest BCUT2D eigenvalue weighted by molar-refractivity contribution is 5.87. The van der Waals surface area contributed by atoms with Gasteiger partial charge in [-0.3, -0.25) is 10.1 Å². The number of ether oxygens (including phenoxy) is 2. The topological polar surface area (TPSA) is 63.4 Å². The van der Waals surface area contributed by atoms with Gasteiger partial charge in [-0.2, -0.15) is 0 Å². The number of rotatable bonds is 4. The smallest absolute Gasteiger partial charge is 0.323 e. The van der Waals surface area contributed by atoms with Crippen LogP contribution in [0.5, 0.6) is 5.75 Å². The van der Waals surface area contributed by atoms with Crippen LogP contribution in [-0.2, 0) is 16.0 Å². The quantitative estimate of drug-likeness (QED) is 0.672. The summed E-state index contributed by atoms with van der Waals surface area (Å²) in [5, 5.41) is 4.69. The molecule has 5 nitrogen and oxygen atoms in total. The van der Waals surface area contributed by atoms with Gasteiger partial charge in [0.2, 0.25) is 0 Å². The molecule has 5 heteroatoms. The zero-order valence-corrected chi connectivity index (χ0v) is 16.7. The summed E-state index contributed by atoms with van der Waals surface area (Å²) < 4.78 is 10.5. The van der Waals surface area contributed by atoms with Crippen LogP contribution in [0, 0.1) is 0 Å². The largest absolute Gasteiger partial charge is 0.497 e. The van der Waals surface area contributed by atoms with Gasteiger partial charge in [0, 0.05) is 23.0 Å². The van der Waals surface area contributed by atoms with Crippen molar-refractivity contribution in [2.75, 3.05) is 14.2 Å². The fourth-order valence-electron chi connectivity index (χ4n) is 4.22. The molecule has 146 valence electrons. The van der Waals surface area contributed by atoms with Crippen LogP contribution in [0.1, 0.15) is 48.2 Å². The van der Waals surface area contributed by atoms with E-state index in [-0.39, 0.29) is 18.1 Å². The molecule has 2 aromatic carbocycles. The van der Waals surface area contributed by atoms with E-state index in [0.717, 1.165) is 27.9 Å². The van der Waals surface area contributed by atoms with Crippen molar-refractivity contribution in [1.82, 2.24) is 10.3 Å². The second kappa shape index (κ2) is 7.32. The Morgan fingerprint density at radius 1 is 1.14 bits per heavy atom. The minimum atomic E-state index is -0.385. The highest BCUT2D eigenvalue weighted by atomic mass is 16.5. The van der Waals surface area contributed by atoms with Gasteiger partial charge in [-0.15, -0.1) is 0 Å². The van der Waals surface area contributed by atoms with Crippen molar-refractivity contribution >= 4 is 16.9 Å². The van der Waals surface area contributed by atoms with Crippen LogP contribution in [0.3, 0.4) is 0 Å². The fourth-order valence-corrected chi connectivity index (χ4v) is 4.22. The molecule has 0 amide bonds. The van der Waals surface area contributed by atoms with Gasteiger partial charge in [0.15, 0.2) is 0 Å². The van der Waals surface area contributed by atoms with E-state index in [4.69, 9.17) is 9.47 Å². The number of aromatic nitrogens is 1. The van der Waals surface area contributed by atoms with Gasteiger partial charge in [0.25, 0.3) is 0 Å². The second-order valence-corrected chi connectivity index (χ2v) is 7.59. The average Bonchev–Trinajstić information content (AvgIpc) is 3.10. The SMILES string of the molecule is COC(=O)C1Cc2c([nH]c3ccccc23)C(c2ccc(OC)cc2C(C)C)N1. The number of carbonyl (C=O) groups is 1. The number of fused-ring (bicyclic) bond motifs is 3. The van der Waals surface area contributed by atoms with Crippen LogP contribution < -0.4 is 10.1 Å². The summed E-state index contributed by atoms with van der Waals surface area (Å²) in [6.45, 7) is 4.34. The summed E-state index contributed by atoms with van der Waals surface area (Å²) in [6.07, 6.45) is 0.607. The molecule has 1 aromatic heterocycles. The summed E-state index contributed by atoms with van der Waals surface area (Å²) in [5.41, 5.74) is 5.74. The summed E-state index contributed by atoms with van der Waals surface area (Å²) in [5.74, 6) is 0.920. The van der Waals surface area contributed by atoms with Crippen LogP contribution in [-0.4, -0.2) is 31.2 Å². The zero-order valence-electron chi connectivity index (χ0n) is 16.7. The van der Waals surface area contributed by atoms with E-state index in [1.54, 1.807) is 7.11 Å². The fraction of sp³-hybridized carbons (Fsp3) is 0.348. The predicted octanol–water partition coefficient (Wildman–Crippen LogP) is 4.08. The number of benzene rings is 2. The van der Waals surface area contributed by atoms with Gasteiger partial charge >= 0.3 is 5.97 Å². The van der Waals surface area contributed by atoms with Crippen LogP contribution >= 0.6 is 0 Å². The van der Waals surface area contributed by atoms with Gasteiger partial charge in [-0.25, -0.2) is 0 Å². The highest BCUT2D eigenvalue weighted by Gasteiger charge is 2.35. The number of H-pyrrole nitrogens is 1. The number of carbonyl (C=O) groups excluding carboxylic acids is 1. The molecule has 1 aliphatic heterocycles. The maximum absolute atomic E-state index is 12.4. The van der Waals surface area contributed by atoms with E-state index in [1.165, 1.54) is 18.2 Å². The lowest BCUT2D eigenvalue weighted by Crippen LogP contribution is -2.45. The summed E-state index contributed by atoms with van der Waals surface area (Å²) >= 11 is 0. The summed E-state index contributed by atoms with van der Waals surface area (Å²) in [4.78, 5) is 16.0. The molecule has 3 aromatic rings. The molecule has 0 bridgehead atoms. The lowest BCUT2D eigenvalue weighted by Gasteiger charge is -2.32. The molecule has 2 N–H and O–H groups in total. The molecule has 0 radical (unpaired) electrons. The Labute approximate surface area is 165 Å². The van der Waals surface area contributed by atoms with Gasteiger partial charge in [-0.05, 0) is 40.8 Å². The van der Waals surface area contributed by atoms with Crippen molar-refractivity contribution in [3.8, 4) is 5.75 Å². The molecule has 0 fully saturated rings. The molecule has 4 rings (SSSR count). The van der Waals surface area contributed by atoms with Gasteiger partial charge < -0.3 is 14.5 Å². The van der Waals surface area contributed by atoms with E-state index >= 15 is 0 Å². The number of nitrogens with one attached hydrogen (secondary N) is 2. The van der Waals surface area contributed by atoms with Crippen molar-refractivity contribution < 1.29 is 14.3 Å². The maximum Gasteiger partial charge on any atom is 0.323 e. The average molecular weight is 378 g/mol. The number of hydrogen-bond acceptors (Lipinski definition) is 4. The maximum atomic E-state index is 12.4. The van der Waals surface area contributed by atoms with Crippen molar-refractivity contribution in [3.05, 3.63) is 64.8 Å². The summed E-state index contributed by atoms with van der Waals surface area (Å²) in [6, 6.07) is 13.9. The van der Waals surface area contributed by atoms with E-state index in [1.807, 2.05) is 18.2 Å². The Kier molecular flexibility index (Phi) is 4.85. The van der Waals surface area contributed by atoms with Crippen LogP contribution in [0.15, 0.2) is 42.5 Å². The number of methoxy groups -OCH3 is 2. The van der Waals surface area contributed by atoms with Gasteiger partial charge in [-0.1, -0.05) is 38.1 Å². The normalized spacial score (nSPS) is 18.9. The molecule has 2 heterocycles. The van der Waals surface area contributed by atoms with Crippen LogP contribution in [0.4, 0.5) is 0 Å². The predicted molar refractivity (Wildman–Crippen MR) is 110 cm³/mol.